The second-order valence-corrected chi connectivity index (χ2v) is 3.32. The molecule has 0 aromatic carbocycles. The van der Waals surface area contributed by atoms with Crippen LogP contribution in [0.25, 0.3) is 0 Å². The number of hydrogen-bond donors (Lipinski definition) is 1. The highest BCUT2D eigenvalue weighted by Crippen LogP contribution is 1.88. The summed E-state index contributed by atoms with van der Waals surface area (Å²) in [6.07, 6.45) is 1.87. The summed E-state index contributed by atoms with van der Waals surface area (Å²) in [6.45, 7) is 9.96. The van der Waals surface area contributed by atoms with Crippen LogP contribution in [0.3, 0.4) is 0 Å². The van der Waals surface area contributed by atoms with E-state index in [0.717, 1.165) is 45.9 Å². The van der Waals surface area contributed by atoms with Crippen LogP contribution in [0.15, 0.2) is 12.7 Å². The molecule has 0 saturated heterocycles. The standard InChI is InChI=1S/C11H24N2O2/c1-4-5-12-6-7-13(8-10-14-2)9-11-15-3/h4,12H,1,5-11H2,2-3H3. The molecule has 0 bridgehead atoms. The molecule has 0 aliphatic rings. The molecule has 0 unspecified atom stereocenters. The van der Waals surface area contributed by atoms with E-state index in [9.17, 15) is 0 Å². The Morgan fingerprint density at radius 2 is 1.73 bits per heavy atom. The molecular formula is C11H24N2O2. The molecule has 0 atom stereocenters. The lowest BCUT2D eigenvalue weighted by Gasteiger charge is -2.21. The van der Waals surface area contributed by atoms with Crippen LogP contribution >= 0.6 is 0 Å². The highest BCUT2D eigenvalue weighted by Gasteiger charge is 2.02. The lowest BCUT2D eigenvalue weighted by Crippen LogP contribution is -2.36. The molecule has 0 rings (SSSR count). The molecule has 0 spiro atoms. The fraction of sp³-hybridized carbons (Fsp3) is 0.818. The molecule has 0 fully saturated rings. The molecule has 0 amide bonds. The lowest BCUT2D eigenvalue weighted by molar-refractivity contribution is 0.115. The molecule has 0 saturated carbocycles. The van der Waals surface area contributed by atoms with Crippen molar-refractivity contribution in [3.05, 3.63) is 12.7 Å². The first-order valence-corrected chi connectivity index (χ1v) is 5.37. The van der Waals surface area contributed by atoms with Gasteiger partial charge in [0.1, 0.15) is 0 Å². The van der Waals surface area contributed by atoms with Gasteiger partial charge in [0.2, 0.25) is 0 Å². The highest BCUT2D eigenvalue weighted by molar-refractivity contribution is 4.70. The van der Waals surface area contributed by atoms with Gasteiger partial charge < -0.3 is 14.8 Å². The average Bonchev–Trinajstić information content (AvgIpc) is 2.27. The Balaban J connectivity index is 3.53. The normalized spacial score (nSPS) is 10.9. The van der Waals surface area contributed by atoms with Crippen LogP contribution < -0.4 is 5.32 Å². The van der Waals surface area contributed by atoms with Crippen LogP contribution in [0.2, 0.25) is 0 Å². The Kier molecular flexibility index (Phi) is 11.3. The summed E-state index contributed by atoms with van der Waals surface area (Å²) < 4.78 is 10.1. The Morgan fingerprint density at radius 1 is 1.13 bits per heavy atom. The van der Waals surface area contributed by atoms with E-state index in [1.165, 1.54) is 0 Å². The first-order valence-electron chi connectivity index (χ1n) is 5.37. The van der Waals surface area contributed by atoms with E-state index in [1.54, 1.807) is 14.2 Å². The molecule has 0 aliphatic heterocycles. The van der Waals surface area contributed by atoms with Crippen LogP contribution in [0.5, 0.6) is 0 Å². The van der Waals surface area contributed by atoms with Gasteiger partial charge in [0.05, 0.1) is 13.2 Å². The summed E-state index contributed by atoms with van der Waals surface area (Å²) in [5.41, 5.74) is 0. The largest absolute Gasteiger partial charge is 0.383 e. The fourth-order valence-electron chi connectivity index (χ4n) is 1.22. The van der Waals surface area contributed by atoms with Gasteiger partial charge in [-0.2, -0.15) is 0 Å². The predicted octanol–water partition coefficient (Wildman–Crippen LogP) is 0.357. The zero-order chi connectivity index (χ0) is 11.4. The van der Waals surface area contributed by atoms with Gasteiger partial charge in [0, 0.05) is 46.9 Å². The Morgan fingerprint density at radius 3 is 2.20 bits per heavy atom. The fourth-order valence-corrected chi connectivity index (χ4v) is 1.22. The van der Waals surface area contributed by atoms with E-state index in [4.69, 9.17) is 9.47 Å². The number of nitrogens with one attached hydrogen (secondary N) is 1. The van der Waals surface area contributed by atoms with Crippen LogP contribution in [-0.4, -0.2) is 65.1 Å². The van der Waals surface area contributed by atoms with E-state index in [1.807, 2.05) is 6.08 Å². The number of methoxy groups -OCH3 is 2. The average molecular weight is 216 g/mol. The third-order valence-electron chi connectivity index (χ3n) is 2.12. The summed E-state index contributed by atoms with van der Waals surface area (Å²) in [4.78, 5) is 2.32. The van der Waals surface area contributed by atoms with Crippen LogP contribution in [0.4, 0.5) is 0 Å². The van der Waals surface area contributed by atoms with Crippen LogP contribution in [0.1, 0.15) is 0 Å². The van der Waals surface area contributed by atoms with E-state index in [0.29, 0.717) is 0 Å². The predicted molar refractivity (Wildman–Crippen MR) is 63.3 cm³/mol. The molecule has 15 heavy (non-hydrogen) atoms. The summed E-state index contributed by atoms with van der Waals surface area (Å²) in [7, 11) is 3.45. The molecule has 1 N–H and O–H groups in total. The topological polar surface area (TPSA) is 33.7 Å². The molecule has 4 nitrogen and oxygen atoms in total. The van der Waals surface area contributed by atoms with Gasteiger partial charge in [-0.3, -0.25) is 4.90 Å². The van der Waals surface area contributed by atoms with Crippen molar-refractivity contribution in [3.63, 3.8) is 0 Å². The molecule has 0 radical (unpaired) electrons. The molecule has 90 valence electrons. The Hall–Kier alpha value is -0.420. The summed E-state index contributed by atoms with van der Waals surface area (Å²) in [5.74, 6) is 0. The van der Waals surface area contributed by atoms with Gasteiger partial charge in [-0.05, 0) is 0 Å². The van der Waals surface area contributed by atoms with Gasteiger partial charge in [0.15, 0.2) is 0 Å². The minimum absolute atomic E-state index is 0.769. The summed E-state index contributed by atoms with van der Waals surface area (Å²) in [6, 6.07) is 0. The van der Waals surface area contributed by atoms with Gasteiger partial charge >= 0.3 is 0 Å². The van der Waals surface area contributed by atoms with Crippen molar-refractivity contribution in [2.45, 2.75) is 0 Å². The van der Waals surface area contributed by atoms with Gasteiger partial charge in [-0.1, -0.05) is 6.08 Å². The third-order valence-corrected chi connectivity index (χ3v) is 2.12. The van der Waals surface area contributed by atoms with Crippen molar-refractivity contribution in [3.8, 4) is 0 Å². The first-order chi connectivity index (χ1) is 7.35. The number of ether oxygens (including phenoxy) is 2. The van der Waals surface area contributed by atoms with Crippen molar-refractivity contribution in [1.82, 2.24) is 10.2 Å². The molecular weight excluding hydrogens is 192 g/mol. The molecule has 0 aromatic heterocycles. The number of hydrogen-bond acceptors (Lipinski definition) is 4. The van der Waals surface area contributed by atoms with E-state index in [-0.39, 0.29) is 0 Å². The van der Waals surface area contributed by atoms with E-state index in [2.05, 4.69) is 16.8 Å². The molecule has 0 aliphatic carbocycles. The highest BCUT2D eigenvalue weighted by atomic mass is 16.5. The Bertz CT molecular complexity index is 135. The van der Waals surface area contributed by atoms with Crippen molar-refractivity contribution >= 4 is 0 Å². The monoisotopic (exact) mass is 216 g/mol. The van der Waals surface area contributed by atoms with Crippen molar-refractivity contribution in [2.24, 2.45) is 0 Å². The minimum atomic E-state index is 0.769. The maximum absolute atomic E-state index is 5.06. The van der Waals surface area contributed by atoms with Gasteiger partial charge in [-0.25, -0.2) is 0 Å². The zero-order valence-corrected chi connectivity index (χ0v) is 10.00. The van der Waals surface area contributed by atoms with E-state index < -0.39 is 0 Å². The number of nitrogens with zero attached hydrogens (tertiary/aromatic N) is 1. The zero-order valence-electron chi connectivity index (χ0n) is 10.00. The van der Waals surface area contributed by atoms with Crippen molar-refractivity contribution in [2.75, 3.05) is 60.2 Å². The summed E-state index contributed by atoms with van der Waals surface area (Å²) >= 11 is 0. The number of rotatable bonds is 11. The molecule has 4 heteroatoms. The van der Waals surface area contributed by atoms with E-state index >= 15 is 0 Å². The second-order valence-electron chi connectivity index (χ2n) is 3.32. The van der Waals surface area contributed by atoms with Crippen molar-refractivity contribution in [1.29, 1.82) is 0 Å². The maximum atomic E-state index is 5.06. The first kappa shape index (κ1) is 14.6. The lowest BCUT2D eigenvalue weighted by atomic mass is 10.4. The molecule has 0 heterocycles. The van der Waals surface area contributed by atoms with Gasteiger partial charge in [0.25, 0.3) is 0 Å². The second kappa shape index (κ2) is 11.7. The smallest absolute Gasteiger partial charge is 0.0589 e. The summed E-state index contributed by atoms with van der Waals surface area (Å²) in [5, 5.41) is 3.28. The maximum Gasteiger partial charge on any atom is 0.0589 e. The quantitative estimate of drug-likeness (QED) is 0.399. The third kappa shape index (κ3) is 9.87. The SMILES string of the molecule is C=CCNCCN(CCOC)CCOC. The minimum Gasteiger partial charge on any atom is -0.383 e. The van der Waals surface area contributed by atoms with Crippen molar-refractivity contribution < 1.29 is 9.47 Å². The van der Waals surface area contributed by atoms with Crippen LogP contribution in [-0.2, 0) is 9.47 Å². The Labute approximate surface area is 93.2 Å². The van der Waals surface area contributed by atoms with Crippen LogP contribution in [0, 0.1) is 0 Å². The molecule has 0 aromatic rings. The van der Waals surface area contributed by atoms with Gasteiger partial charge in [-0.15, -0.1) is 6.58 Å².